The predicted octanol–water partition coefficient (Wildman–Crippen LogP) is 1.64. The van der Waals surface area contributed by atoms with Gasteiger partial charge in [0.25, 0.3) is 0 Å². The molecule has 1 rings (SSSR count). The molecular formula is C10H15ClN4O3. The molecule has 0 aliphatic carbocycles. The molecule has 100 valence electrons. The summed E-state index contributed by atoms with van der Waals surface area (Å²) in [5.74, 6) is 0.115. The van der Waals surface area contributed by atoms with E-state index >= 15 is 0 Å². The Kier molecular flexibility index (Phi) is 4.42. The second-order valence-electron chi connectivity index (χ2n) is 4.42. The van der Waals surface area contributed by atoms with Crippen molar-refractivity contribution in [2.75, 3.05) is 18.0 Å². The van der Waals surface area contributed by atoms with Crippen LogP contribution in [0.2, 0.25) is 5.15 Å². The summed E-state index contributed by atoms with van der Waals surface area (Å²) in [6.45, 7) is 5.70. The van der Waals surface area contributed by atoms with E-state index in [1.807, 2.05) is 6.92 Å². The average molecular weight is 275 g/mol. The maximum absolute atomic E-state index is 11.0. The summed E-state index contributed by atoms with van der Waals surface area (Å²) in [5.41, 5.74) is -1.34. The zero-order chi connectivity index (χ0) is 13.9. The number of rotatable bonds is 5. The van der Waals surface area contributed by atoms with Crippen LogP contribution in [0.5, 0.6) is 0 Å². The Morgan fingerprint density at radius 1 is 1.56 bits per heavy atom. The lowest BCUT2D eigenvalue weighted by Crippen LogP contribution is -2.39. The van der Waals surface area contributed by atoms with Gasteiger partial charge in [-0.25, -0.2) is 9.97 Å². The third-order valence-corrected chi connectivity index (χ3v) is 2.48. The van der Waals surface area contributed by atoms with Gasteiger partial charge in [0.2, 0.25) is 11.0 Å². The van der Waals surface area contributed by atoms with E-state index in [4.69, 9.17) is 11.6 Å². The highest BCUT2D eigenvalue weighted by Crippen LogP contribution is 2.31. The van der Waals surface area contributed by atoms with Crippen molar-refractivity contribution in [1.82, 2.24) is 9.97 Å². The zero-order valence-electron chi connectivity index (χ0n) is 10.4. The quantitative estimate of drug-likeness (QED) is 0.498. The van der Waals surface area contributed by atoms with Gasteiger partial charge in [0.1, 0.15) is 6.33 Å². The van der Waals surface area contributed by atoms with Crippen molar-refractivity contribution in [2.45, 2.75) is 26.4 Å². The molecular weight excluding hydrogens is 260 g/mol. The number of halogens is 1. The van der Waals surface area contributed by atoms with Crippen LogP contribution in [0, 0.1) is 10.1 Å². The molecule has 0 bridgehead atoms. The lowest BCUT2D eigenvalue weighted by Gasteiger charge is -2.28. The number of nitro groups is 1. The second kappa shape index (κ2) is 5.45. The van der Waals surface area contributed by atoms with Crippen molar-refractivity contribution in [1.29, 1.82) is 0 Å². The fourth-order valence-corrected chi connectivity index (χ4v) is 1.74. The first-order valence-electron chi connectivity index (χ1n) is 5.38. The molecule has 1 aromatic heterocycles. The number of likely N-dealkylation sites (N-methyl/N-ethyl adjacent to an activating group) is 1. The summed E-state index contributed by atoms with van der Waals surface area (Å²) in [6.07, 6.45) is 1.16. The van der Waals surface area contributed by atoms with Crippen LogP contribution >= 0.6 is 11.6 Å². The van der Waals surface area contributed by atoms with Crippen molar-refractivity contribution < 1.29 is 10.0 Å². The van der Waals surface area contributed by atoms with E-state index in [1.54, 1.807) is 18.7 Å². The molecule has 0 saturated carbocycles. The normalized spacial score (nSPS) is 11.4. The molecule has 0 fully saturated rings. The molecule has 0 aliphatic rings. The highest BCUT2D eigenvalue weighted by Gasteiger charge is 2.28. The summed E-state index contributed by atoms with van der Waals surface area (Å²) >= 11 is 5.71. The van der Waals surface area contributed by atoms with E-state index < -0.39 is 10.5 Å². The Bertz CT molecular complexity index is 447. The van der Waals surface area contributed by atoms with E-state index in [-0.39, 0.29) is 23.2 Å². The first-order valence-corrected chi connectivity index (χ1v) is 5.76. The molecule has 18 heavy (non-hydrogen) atoms. The third-order valence-electron chi connectivity index (χ3n) is 2.20. The van der Waals surface area contributed by atoms with Gasteiger partial charge >= 0.3 is 5.69 Å². The maximum atomic E-state index is 11.0. The van der Waals surface area contributed by atoms with Gasteiger partial charge in [-0.3, -0.25) is 10.1 Å². The minimum atomic E-state index is -0.999. The summed E-state index contributed by atoms with van der Waals surface area (Å²) in [4.78, 5) is 19.4. The van der Waals surface area contributed by atoms with Gasteiger partial charge in [-0.2, -0.15) is 0 Å². The summed E-state index contributed by atoms with van der Waals surface area (Å²) in [6, 6.07) is 0. The van der Waals surface area contributed by atoms with Gasteiger partial charge in [0.05, 0.1) is 10.5 Å². The molecule has 0 radical (unpaired) electrons. The van der Waals surface area contributed by atoms with Gasteiger partial charge in [0.15, 0.2) is 0 Å². The van der Waals surface area contributed by atoms with E-state index in [0.29, 0.717) is 6.54 Å². The van der Waals surface area contributed by atoms with Crippen LogP contribution in [-0.2, 0) is 0 Å². The number of hydrogen-bond acceptors (Lipinski definition) is 6. The molecule has 1 N–H and O–H groups in total. The molecule has 0 spiro atoms. The number of hydrogen-bond donors (Lipinski definition) is 1. The lowest BCUT2D eigenvalue weighted by molar-refractivity contribution is -0.384. The Labute approximate surface area is 110 Å². The standard InChI is InChI=1S/C10H15ClN4O3/c1-4-14(5-10(2,3)16)9-7(15(17)18)8(11)12-6-13-9/h6,16H,4-5H2,1-3H3. The minimum absolute atomic E-state index is 0.115. The summed E-state index contributed by atoms with van der Waals surface area (Å²) in [7, 11) is 0. The Morgan fingerprint density at radius 3 is 2.61 bits per heavy atom. The monoisotopic (exact) mass is 274 g/mol. The van der Waals surface area contributed by atoms with Crippen LogP contribution < -0.4 is 4.90 Å². The van der Waals surface area contributed by atoms with Crippen molar-refractivity contribution >= 4 is 23.1 Å². The zero-order valence-corrected chi connectivity index (χ0v) is 11.2. The number of aromatic nitrogens is 2. The predicted molar refractivity (Wildman–Crippen MR) is 67.9 cm³/mol. The van der Waals surface area contributed by atoms with E-state index in [9.17, 15) is 15.2 Å². The molecule has 0 atom stereocenters. The molecule has 0 saturated heterocycles. The van der Waals surface area contributed by atoms with Crippen LogP contribution in [0.25, 0.3) is 0 Å². The molecule has 0 amide bonds. The average Bonchev–Trinajstić information content (AvgIpc) is 2.23. The fourth-order valence-electron chi connectivity index (χ4n) is 1.54. The summed E-state index contributed by atoms with van der Waals surface area (Å²) in [5, 5.41) is 20.6. The topological polar surface area (TPSA) is 92.4 Å². The van der Waals surface area contributed by atoms with Gasteiger partial charge in [-0.1, -0.05) is 11.6 Å². The van der Waals surface area contributed by atoms with Crippen LogP contribution in [0.3, 0.4) is 0 Å². The van der Waals surface area contributed by atoms with E-state index in [2.05, 4.69) is 9.97 Å². The molecule has 7 nitrogen and oxygen atoms in total. The van der Waals surface area contributed by atoms with Gasteiger partial charge in [-0.05, 0) is 20.8 Å². The third kappa shape index (κ3) is 3.51. The lowest BCUT2D eigenvalue weighted by atomic mass is 10.1. The van der Waals surface area contributed by atoms with E-state index in [0.717, 1.165) is 6.33 Å². The molecule has 1 heterocycles. The minimum Gasteiger partial charge on any atom is -0.389 e. The highest BCUT2D eigenvalue weighted by molar-refractivity contribution is 6.31. The first-order chi connectivity index (χ1) is 8.26. The van der Waals surface area contributed by atoms with Crippen LogP contribution in [0.15, 0.2) is 6.33 Å². The Balaban J connectivity index is 3.21. The van der Waals surface area contributed by atoms with Crippen molar-refractivity contribution in [3.05, 3.63) is 21.6 Å². The van der Waals surface area contributed by atoms with Crippen LogP contribution in [0.1, 0.15) is 20.8 Å². The molecule has 8 heteroatoms. The maximum Gasteiger partial charge on any atom is 0.348 e. The largest absolute Gasteiger partial charge is 0.389 e. The van der Waals surface area contributed by atoms with Gasteiger partial charge < -0.3 is 10.0 Å². The number of anilines is 1. The van der Waals surface area contributed by atoms with Gasteiger partial charge in [-0.15, -0.1) is 0 Å². The van der Waals surface area contributed by atoms with Crippen LogP contribution in [0.4, 0.5) is 11.5 Å². The molecule has 1 aromatic rings. The van der Waals surface area contributed by atoms with Crippen molar-refractivity contribution in [3.8, 4) is 0 Å². The highest BCUT2D eigenvalue weighted by atomic mass is 35.5. The SMILES string of the molecule is CCN(CC(C)(C)O)c1ncnc(Cl)c1[N+](=O)[O-]. The van der Waals surface area contributed by atoms with Crippen molar-refractivity contribution in [3.63, 3.8) is 0 Å². The number of aliphatic hydroxyl groups is 1. The van der Waals surface area contributed by atoms with Crippen molar-refractivity contribution in [2.24, 2.45) is 0 Å². The Hall–Kier alpha value is -1.47. The summed E-state index contributed by atoms with van der Waals surface area (Å²) < 4.78 is 0. The van der Waals surface area contributed by atoms with E-state index in [1.165, 1.54) is 0 Å². The molecule has 0 unspecified atom stereocenters. The number of nitrogens with zero attached hydrogens (tertiary/aromatic N) is 4. The molecule has 0 aliphatic heterocycles. The molecule has 0 aromatic carbocycles. The second-order valence-corrected chi connectivity index (χ2v) is 4.78. The Morgan fingerprint density at radius 2 is 2.17 bits per heavy atom. The fraction of sp³-hybridized carbons (Fsp3) is 0.600. The smallest absolute Gasteiger partial charge is 0.348 e. The van der Waals surface area contributed by atoms with Crippen LogP contribution in [-0.4, -0.2) is 38.7 Å². The van der Waals surface area contributed by atoms with Gasteiger partial charge in [0, 0.05) is 13.1 Å². The first kappa shape index (κ1) is 14.6.